The summed E-state index contributed by atoms with van der Waals surface area (Å²) < 4.78 is 2.23. The van der Waals surface area contributed by atoms with Crippen molar-refractivity contribution in [2.45, 2.75) is 32.6 Å². The van der Waals surface area contributed by atoms with E-state index in [9.17, 15) is 4.79 Å². The molecule has 0 bridgehead atoms. The van der Waals surface area contributed by atoms with Crippen LogP contribution in [0.15, 0.2) is 54.1 Å². The van der Waals surface area contributed by atoms with Gasteiger partial charge in [-0.25, -0.2) is 4.98 Å². The Morgan fingerprint density at radius 1 is 1.25 bits per heavy atom. The second kappa shape index (κ2) is 8.15. The normalized spacial score (nSPS) is 17.4. The van der Waals surface area contributed by atoms with Crippen LogP contribution in [0.5, 0.6) is 0 Å². The highest BCUT2D eigenvalue weighted by atomic mass is 32.1. The van der Waals surface area contributed by atoms with Crippen LogP contribution in [0.2, 0.25) is 0 Å². The van der Waals surface area contributed by atoms with E-state index >= 15 is 0 Å². The second-order valence-electron chi connectivity index (χ2n) is 7.32. The van der Waals surface area contributed by atoms with E-state index in [1.165, 1.54) is 0 Å². The molecule has 3 heterocycles. The van der Waals surface area contributed by atoms with Gasteiger partial charge in [-0.2, -0.15) is 0 Å². The molecule has 0 N–H and O–H groups in total. The molecular weight excluding hydrogens is 366 g/mol. The van der Waals surface area contributed by atoms with Crippen molar-refractivity contribution in [2.75, 3.05) is 13.1 Å². The highest BCUT2D eigenvalue weighted by Crippen LogP contribution is 2.28. The molecule has 2 aromatic heterocycles. The first kappa shape index (κ1) is 18.7. The van der Waals surface area contributed by atoms with Crippen LogP contribution in [0, 0.1) is 13.8 Å². The zero-order valence-electron chi connectivity index (χ0n) is 16.3. The molecule has 1 unspecified atom stereocenters. The van der Waals surface area contributed by atoms with Gasteiger partial charge >= 0.3 is 0 Å². The number of aryl methyl sites for hydroxylation is 1. The third kappa shape index (κ3) is 3.80. The van der Waals surface area contributed by atoms with E-state index in [2.05, 4.69) is 41.6 Å². The summed E-state index contributed by atoms with van der Waals surface area (Å²) in [5.41, 5.74) is 4.54. The van der Waals surface area contributed by atoms with E-state index in [0.717, 1.165) is 53.6 Å². The second-order valence-corrected chi connectivity index (χ2v) is 8.25. The Labute approximate surface area is 170 Å². The maximum Gasteiger partial charge on any atom is 0.246 e. The number of benzene rings is 1. The van der Waals surface area contributed by atoms with E-state index in [0.29, 0.717) is 5.92 Å². The SMILES string of the molecule is Cc1cc(/C=C/C(=O)N2CCCC(c3nccs3)C2)c(C)n1-c1ccccc1. The van der Waals surface area contributed by atoms with Crippen LogP contribution in [-0.2, 0) is 4.79 Å². The van der Waals surface area contributed by atoms with E-state index in [1.807, 2.05) is 40.8 Å². The van der Waals surface area contributed by atoms with Crippen LogP contribution in [0.1, 0.15) is 40.7 Å². The Bertz CT molecular complexity index is 973. The number of hydrogen-bond donors (Lipinski definition) is 0. The number of likely N-dealkylation sites (tertiary alicyclic amines) is 1. The van der Waals surface area contributed by atoms with Crippen molar-refractivity contribution >= 4 is 23.3 Å². The summed E-state index contributed by atoms with van der Waals surface area (Å²) >= 11 is 1.69. The molecule has 0 radical (unpaired) electrons. The summed E-state index contributed by atoms with van der Waals surface area (Å²) in [4.78, 5) is 19.2. The Kier molecular flexibility index (Phi) is 5.44. The molecule has 1 fully saturated rings. The molecule has 4 nitrogen and oxygen atoms in total. The summed E-state index contributed by atoms with van der Waals surface area (Å²) in [6.45, 7) is 5.79. The Morgan fingerprint density at radius 3 is 2.82 bits per heavy atom. The topological polar surface area (TPSA) is 38.1 Å². The molecule has 4 rings (SSSR count). The number of para-hydroxylation sites is 1. The highest BCUT2D eigenvalue weighted by molar-refractivity contribution is 7.09. The molecule has 0 aliphatic carbocycles. The fourth-order valence-electron chi connectivity index (χ4n) is 4.01. The van der Waals surface area contributed by atoms with Crippen molar-refractivity contribution in [1.82, 2.24) is 14.5 Å². The third-order valence-corrected chi connectivity index (χ3v) is 6.36. The number of carbonyl (C=O) groups excluding carboxylic acids is 1. The van der Waals surface area contributed by atoms with Gasteiger partial charge in [-0.3, -0.25) is 4.79 Å². The van der Waals surface area contributed by atoms with Gasteiger partial charge in [-0.1, -0.05) is 18.2 Å². The van der Waals surface area contributed by atoms with Crippen molar-refractivity contribution in [3.05, 3.63) is 76.0 Å². The quantitative estimate of drug-likeness (QED) is 0.589. The summed E-state index contributed by atoms with van der Waals surface area (Å²) in [6.07, 6.45) is 7.67. The Balaban J connectivity index is 1.49. The van der Waals surface area contributed by atoms with E-state index in [-0.39, 0.29) is 5.91 Å². The minimum atomic E-state index is 0.0887. The Morgan fingerprint density at radius 2 is 2.07 bits per heavy atom. The van der Waals surface area contributed by atoms with Gasteiger partial charge in [0, 0.05) is 53.7 Å². The first-order chi connectivity index (χ1) is 13.6. The number of aromatic nitrogens is 2. The lowest BCUT2D eigenvalue weighted by molar-refractivity contribution is -0.127. The van der Waals surface area contributed by atoms with Crippen LogP contribution >= 0.6 is 11.3 Å². The van der Waals surface area contributed by atoms with Crippen molar-refractivity contribution in [2.24, 2.45) is 0 Å². The molecular formula is C23H25N3OS. The molecule has 5 heteroatoms. The van der Waals surface area contributed by atoms with Crippen molar-refractivity contribution in [1.29, 1.82) is 0 Å². The van der Waals surface area contributed by atoms with Crippen LogP contribution in [0.4, 0.5) is 0 Å². The Hall–Kier alpha value is -2.66. The van der Waals surface area contributed by atoms with Crippen LogP contribution in [0.25, 0.3) is 11.8 Å². The molecule has 0 saturated carbocycles. The smallest absolute Gasteiger partial charge is 0.246 e. The summed E-state index contributed by atoms with van der Waals surface area (Å²) in [7, 11) is 0. The van der Waals surface area contributed by atoms with Crippen LogP contribution in [0.3, 0.4) is 0 Å². The standard InChI is InChI=1S/C23H25N3OS/c1-17-15-19(18(2)26(17)21-8-4-3-5-9-21)10-11-22(27)25-13-6-7-20(16-25)23-24-12-14-28-23/h3-5,8-12,14-15,20H,6-7,13,16H2,1-2H3/b11-10+. The number of piperidine rings is 1. The average Bonchev–Trinajstić information content (AvgIpc) is 3.35. The van der Waals surface area contributed by atoms with Crippen molar-refractivity contribution in [3.8, 4) is 5.69 Å². The number of carbonyl (C=O) groups is 1. The maximum atomic E-state index is 12.8. The van der Waals surface area contributed by atoms with E-state index in [4.69, 9.17) is 0 Å². The van der Waals surface area contributed by atoms with Gasteiger partial charge in [0.25, 0.3) is 0 Å². The minimum absolute atomic E-state index is 0.0887. The summed E-state index contributed by atoms with van der Waals surface area (Å²) in [6, 6.07) is 12.5. The number of thiazole rings is 1. The first-order valence-corrected chi connectivity index (χ1v) is 10.6. The zero-order chi connectivity index (χ0) is 19.5. The first-order valence-electron chi connectivity index (χ1n) is 9.74. The molecule has 1 aromatic carbocycles. The van der Waals surface area contributed by atoms with Gasteiger partial charge in [0.05, 0.1) is 5.01 Å². The third-order valence-electron chi connectivity index (χ3n) is 5.42. The maximum absolute atomic E-state index is 12.8. The lowest BCUT2D eigenvalue weighted by Gasteiger charge is -2.31. The molecule has 1 aliphatic heterocycles. The van der Waals surface area contributed by atoms with Crippen molar-refractivity contribution < 1.29 is 4.79 Å². The fraction of sp³-hybridized carbons (Fsp3) is 0.304. The van der Waals surface area contributed by atoms with Gasteiger partial charge in [-0.15, -0.1) is 11.3 Å². The lowest BCUT2D eigenvalue weighted by atomic mass is 9.98. The number of hydrogen-bond acceptors (Lipinski definition) is 3. The molecule has 1 aliphatic rings. The number of amides is 1. The molecule has 3 aromatic rings. The predicted molar refractivity (Wildman–Crippen MR) is 115 cm³/mol. The summed E-state index contributed by atoms with van der Waals surface area (Å²) in [5.74, 6) is 0.458. The van der Waals surface area contributed by atoms with Gasteiger partial charge in [0.15, 0.2) is 0 Å². The predicted octanol–water partition coefficient (Wildman–Crippen LogP) is 4.97. The summed E-state index contributed by atoms with van der Waals surface area (Å²) in [5, 5.41) is 3.16. The molecule has 28 heavy (non-hydrogen) atoms. The average molecular weight is 392 g/mol. The van der Waals surface area contributed by atoms with Gasteiger partial charge in [0.1, 0.15) is 0 Å². The number of rotatable bonds is 4. The zero-order valence-corrected chi connectivity index (χ0v) is 17.2. The van der Waals surface area contributed by atoms with Crippen LogP contribution in [-0.4, -0.2) is 33.4 Å². The van der Waals surface area contributed by atoms with Gasteiger partial charge in [-0.05, 0) is 56.5 Å². The molecule has 1 amide bonds. The number of nitrogens with zero attached hydrogens (tertiary/aromatic N) is 3. The molecule has 0 spiro atoms. The van der Waals surface area contributed by atoms with E-state index in [1.54, 1.807) is 17.4 Å². The minimum Gasteiger partial charge on any atom is -0.338 e. The molecule has 1 saturated heterocycles. The van der Waals surface area contributed by atoms with E-state index < -0.39 is 0 Å². The van der Waals surface area contributed by atoms with Gasteiger partial charge in [0.2, 0.25) is 5.91 Å². The highest BCUT2D eigenvalue weighted by Gasteiger charge is 2.25. The lowest BCUT2D eigenvalue weighted by Crippen LogP contribution is -2.38. The van der Waals surface area contributed by atoms with Gasteiger partial charge < -0.3 is 9.47 Å². The van der Waals surface area contributed by atoms with Crippen molar-refractivity contribution in [3.63, 3.8) is 0 Å². The van der Waals surface area contributed by atoms with Crippen LogP contribution < -0.4 is 0 Å². The monoisotopic (exact) mass is 391 g/mol. The fourth-order valence-corrected chi connectivity index (χ4v) is 4.78. The molecule has 144 valence electrons. The molecule has 1 atom stereocenters. The largest absolute Gasteiger partial charge is 0.338 e.